The van der Waals surface area contributed by atoms with Crippen LogP contribution in [0.25, 0.3) is 21.9 Å². The molecule has 220 valence electrons. The molecule has 0 aliphatic heterocycles. The Morgan fingerprint density at radius 1 is 0.558 bits per heavy atom. The van der Waals surface area contributed by atoms with Crippen LogP contribution in [-0.2, 0) is 5.41 Å². The molecule has 4 aromatic rings. The van der Waals surface area contributed by atoms with Crippen LogP contribution in [0.4, 0.5) is 0 Å². The van der Waals surface area contributed by atoms with Crippen LogP contribution >= 0.6 is 0 Å². The van der Waals surface area contributed by atoms with Gasteiger partial charge >= 0.3 is 0 Å². The monoisotopic (exact) mass is 564 g/mol. The molecule has 0 aromatic heterocycles. The quantitative estimate of drug-likeness (QED) is 0.106. The Kier molecular flexibility index (Phi) is 10.8. The van der Waals surface area contributed by atoms with Crippen molar-refractivity contribution in [2.45, 2.75) is 109 Å². The Morgan fingerprint density at radius 3 is 1.77 bits per heavy atom. The van der Waals surface area contributed by atoms with Gasteiger partial charge in [0.1, 0.15) is 0 Å². The zero-order valence-corrected chi connectivity index (χ0v) is 26.5. The standard InChI is InChI=1S/C43H48/c1-4-7-9-11-13-17-30-43(31-18-14-12-10-8-5-2)41-32-34(6-3)25-28-39(41)40-29-26-35(33-42(40)43)24-27-37-22-19-21-36-20-15-16-23-38(36)37/h3,15-16,19-23,25-26,28-29,32-33H,4-5,7-14,17-18,30-31H2,1-2H3. The Labute approximate surface area is 261 Å². The molecule has 1 aliphatic carbocycles. The second-order valence-corrected chi connectivity index (χ2v) is 12.6. The minimum absolute atomic E-state index is 0.00414. The van der Waals surface area contributed by atoms with Crippen molar-refractivity contribution < 1.29 is 0 Å². The number of benzene rings is 4. The minimum atomic E-state index is 0.00414. The molecule has 0 spiro atoms. The van der Waals surface area contributed by atoms with Gasteiger partial charge in [0.15, 0.2) is 0 Å². The summed E-state index contributed by atoms with van der Waals surface area (Å²) in [6.07, 6.45) is 24.1. The van der Waals surface area contributed by atoms with E-state index >= 15 is 0 Å². The molecule has 0 heteroatoms. The van der Waals surface area contributed by atoms with E-state index in [-0.39, 0.29) is 5.41 Å². The first-order chi connectivity index (χ1) is 21.2. The lowest BCUT2D eigenvalue weighted by atomic mass is 9.70. The molecule has 0 fully saturated rings. The number of terminal acetylenes is 1. The van der Waals surface area contributed by atoms with Gasteiger partial charge in [-0.25, -0.2) is 0 Å². The largest absolute Gasteiger partial charge is 0.115 e. The summed E-state index contributed by atoms with van der Waals surface area (Å²) >= 11 is 0. The van der Waals surface area contributed by atoms with Crippen LogP contribution in [0.3, 0.4) is 0 Å². The summed E-state index contributed by atoms with van der Waals surface area (Å²) < 4.78 is 0. The summed E-state index contributed by atoms with van der Waals surface area (Å²) in [6.45, 7) is 4.59. The lowest BCUT2D eigenvalue weighted by Crippen LogP contribution is -2.26. The highest BCUT2D eigenvalue weighted by molar-refractivity contribution is 5.88. The number of hydrogen-bond acceptors (Lipinski definition) is 0. The van der Waals surface area contributed by atoms with E-state index < -0.39 is 0 Å². The number of hydrogen-bond donors (Lipinski definition) is 0. The van der Waals surface area contributed by atoms with Gasteiger partial charge in [0.2, 0.25) is 0 Å². The molecule has 0 N–H and O–H groups in total. The fraction of sp³-hybridized carbons (Fsp3) is 0.395. The van der Waals surface area contributed by atoms with E-state index in [1.54, 1.807) is 0 Å². The molecular weight excluding hydrogens is 516 g/mol. The van der Waals surface area contributed by atoms with E-state index in [1.165, 1.54) is 123 Å². The third-order valence-electron chi connectivity index (χ3n) is 9.57. The van der Waals surface area contributed by atoms with Crippen LogP contribution in [-0.4, -0.2) is 0 Å². The van der Waals surface area contributed by atoms with Gasteiger partial charge in [0.25, 0.3) is 0 Å². The number of rotatable bonds is 14. The molecule has 0 saturated heterocycles. The Hall–Kier alpha value is -3.74. The summed E-state index contributed by atoms with van der Waals surface area (Å²) in [5.74, 6) is 10.0. The number of fused-ring (bicyclic) bond motifs is 4. The minimum Gasteiger partial charge on any atom is -0.115 e. The molecule has 0 atom stereocenters. The molecule has 1 aliphatic rings. The van der Waals surface area contributed by atoms with E-state index in [9.17, 15) is 0 Å². The molecule has 0 radical (unpaired) electrons. The van der Waals surface area contributed by atoms with Crippen molar-refractivity contribution in [3.63, 3.8) is 0 Å². The van der Waals surface area contributed by atoms with Crippen molar-refractivity contribution in [1.29, 1.82) is 0 Å². The van der Waals surface area contributed by atoms with E-state index in [1.807, 2.05) is 0 Å². The van der Waals surface area contributed by atoms with Crippen LogP contribution in [0.15, 0.2) is 78.9 Å². The van der Waals surface area contributed by atoms with Gasteiger partial charge < -0.3 is 0 Å². The summed E-state index contributed by atoms with van der Waals surface area (Å²) in [5.41, 5.74) is 8.88. The highest BCUT2D eigenvalue weighted by atomic mass is 14.4. The SMILES string of the molecule is C#Cc1ccc2c(c1)C(CCCCCCCC)(CCCCCCCC)c1cc(C#Cc3cccc4ccccc34)ccc1-2. The van der Waals surface area contributed by atoms with Gasteiger partial charge in [-0.3, -0.25) is 0 Å². The Bertz CT molecular complexity index is 1590. The molecular formula is C43H48. The second-order valence-electron chi connectivity index (χ2n) is 12.6. The third kappa shape index (κ3) is 7.09. The fourth-order valence-corrected chi connectivity index (χ4v) is 7.21. The van der Waals surface area contributed by atoms with Crippen LogP contribution in [0.2, 0.25) is 0 Å². The van der Waals surface area contributed by atoms with Gasteiger partial charge in [-0.15, -0.1) is 6.42 Å². The van der Waals surface area contributed by atoms with Gasteiger partial charge in [-0.05, 0) is 76.2 Å². The summed E-state index contributed by atoms with van der Waals surface area (Å²) in [6, 6.07) is 28.7. The maximum atomic E-state index is 5.96. The predicted octanol–water partition coefficient (Wildman–Crippen LogP) is 12.0. The third-order valence-corrected chi connectivity index (χ3v) is 9.57. The fourth-order valence-electron chi connectivity index (χ4n) is 7.21. The summed E-state index contributed by atoms with van der Waals surface area (Å²) in [7, 11) is 0. The lowest BCUT2D eigenvalue weighted by molar-refractivity contribution is 0.397. The molecule has 4 aromatic carbocycles. The lowest BCUT2D eigenvalue weighted by Gasteiger charge is -2.33. The van der Waals surface area contributed by atoms with Crippen molar-refractivity contribution >= 4 is 10.8 Å². The molecule has 0 bridgehead atoms. The molecule has 0 unspecified atom stereocenters. The number of unbranched alkanes of at least 4 members (excludes halogenated alkanes) is 10. The predicted molar refractivity (Wildman–Crippen MR) is 187 cm³/mol. The average Bonchev–Trinajstić information content (AvgIpc) is 3.31. The van der Waals surface area contributed by atoms with E-state index in [0.29, 0.717) is 0 Å². The first kappa shape index (κ1) is 30.7. The van der Waals surface area contributed by atoms with Gasteiger partial charge in [-0.1, -0.05) is 157 Å². The highest BCUT2D eigenvalue weighted by Gasteiger charge is 2.42. The first-order valence-electron chi connectivity index (χ1n) is 17.0. The molecule has 0 nitrogen and oxygen atoms in total. The van der Waals surface area contributed by atoms with Crippen LogP contribution in [0, 0.1) is 24.2 Å². The summed E-state index contributed by atoms with van der Waals surface area (Å²) in [5, 5.41) is 2.45. The van der Waals surface area contributed by atoms with Crippen LogP contribution in [0.1, 0.15) is 132 Å². The van der Waals surface area contributed by atoms with Gasteiger partial charge in [0.05, 0.1) is 0 Å². The molecule has 0 heterocycles. The molecule has 0 saturated carbocycles. The van der Waals surface area contributed by atoms with E-state index in [0.717, 1.165) is 16.7 Å². The zero-order valence-electron chi connectivity index (χ0n) is 26.5. The summed E-state index contributed by atoms with van der Waals surface area (Å²) in [4.78, 5) is 0. The topological polar surface area (TPSA) is 0 Å². The first-order valence-corrected chi connectivity index (χ1v) is 17.0. The Morgan fingerprint density at radius 2 is 1.12 bits per heavy atom. The van der Waals surface area contributed by atoms with E-state index in [4.69, 9.17) is 6.42 Å². The molecule has 43 heavy (non-hydrogen) atoms. The average molecular weight is 565 g/mol. The van der Waals surface area contributed by atoms with Crippen molar-refractivity contribution in [2.24, 2.45) is 0 Å². The molecule has 0 amide bonds. The normalized spacial score (nSPS) is 12.8. The van der Waals surface area contributed by atoms with Crippen molar-refractivity contribution in [3.8, 4) is 35.3 Å². The van der Waals surface area contributed by atoms with E-state index in [2.05, 4.69) is 110 Å². The Balaban J connectivity index is 1.52. The van der Waals surface area contributed by atoms with Crippen LogP contribution < -0.4 is 0 Å². The second kappa shape index (κ2) is 15.1. The maximum Gasteiger partial charge on any atom is 0.0327 e. The van der Waals surface area contributed by atoms with Crippen molar-refractivity contribution in [2.75, 3.05) is 0 Å². The smallest absolute Gasteiger partial charge is 0.0327 e. The van der Waals surface area contributed by atoms with Gasteiger partial charge in [-0.2, -0.15) is 0 Å². The molecule has 5 rings (SSSR count). The van der Waals surface area contributed by atoms with Crippen molar-refractivity contribution in [1.82, 2.24) is 0 Å². The van der Waals surface area contributed by atoms with Gasteiger partial charge in [0, 0.05) is 22.1 Å². The van der Waals surface area contributed by atoms with Crippen molar-refractivity contribution in [3.05, 3.63) is 107 Å². The maximum absolute atomic E-state index is 5.96. The zero-order chi connectivity index (χ0) is 29.9. The van der Waals surface area contributed by atoms with Crippen LogP contribution in [0.5, 0.6) is 0 Å². The highest BCUT2D eigenvalue weighted by Crippen LogP contribution is 2.54.